The molecule has 2 N–H and O–H groups in total. The van der Waals surface area contributed by atoms with Crippen LogP contribution in [0.15, 0.2) is 36.1 Å². The van der Waals surface area contributed by atoms with Crippen LogP contribution < -0.4 is 5.32 Å². The summed E-state index contributed by atoms with van der Waals surface area (Å²) in [6.07, 6.45) is 7.07. The number of ether oxygens (including phenoxy) is 6. The summed E-state index contributed by atoms with van der Waals surface area (Å²) in [5, 5.41) is 14.5. The van der Waals surface area contributed by atoms with Crippen LogP contribution in [0.1, 0.15) is 113 Å². The number of Topliss-reactive ketones (excluding diaryl/α,β-unsaturated/α-hetero) is 2. The van der Waals surface area contributed by atoms with Gasteiger partial charge in [-0.3, -0.25) is 19.2 Å². The van der Waals surface area contributed by atoms with Crippen molar-refractivity contribution in [2.24, 2.45) is 11.8 Å². The zero-order chi connectivity index (χ0) is 38.7. The van der Waals surface area contributed by atoms with E-state index >= 15 is 0 Å². The monoisotopic (exact) mass is 743 g/mol. The number of fused-ring (bicyclic) bond motifs is 2. The van der Waals surface area contributed by atoms with Gasteiger partial charge in [0.15, 0.2) is 23.8 Å². The van der Waals surface area contributed by atoms with Gasteiger partial charge >= 0.3 is 11.9 Å². The van der Waals surface area contributed by atoms with E-state index in [0.717, 1.165) is 6.08 Å². The molecule has 5 bridgehead atoms. The van der Waals surface area contributed by atoms with E-state index in [1.165, 1.54) is 27.0 Å². The lowest BCUT2D eigenvalue weighted by atomic mass is 9.78. The van der Waals surface area contributed by atoms with Crippen LogP contribution in [0.4, 0.5) is 0 Å². The van der Waals surface area contributed by atoms with Crippen molar-refractivity contribution in [3.63, 3.8) is 0 Å². The number of ketones is 2. The molecule has 4 fully saturated rings. The van der Waals surface area contributed by atoms with Crippen LogP contribution in [0, 0.1) is 11.8 Å². The molecule has 1 amide bonds. The summed E-state index contributed by atoms with van der Waals surface area (Å²) in [5.41, 5.74) is -2.35. The summed E-state index contributed by atoms with van der Waals surface area (Å²) in [5.74, 6) is -3.70. The topological polar surface area (TPSA) is 176 Å². The number of rotatable bonds is 7. The Bertz CT molecular complexity index is 1500. The highest BCUT2D eigenvalue weighted by molar-refractivity contribution is 5.92. The van der Waals surface area contributed by atoms with Gasteiger partial charge in [0.2, 0.25) is 5.91 Å². The molecule has 294 valence electrons. The number of hydrogen-bond donors (Lipinski definition) is 2. The second kappa shape index (κ2) is 16.6. The molecule has 0 aromatic carbocycles. The number of amides is 1. The van der Waals surface area contributed by atoms with E-state index < -0.39 is 65.0 Å². The number of carbonyl (C=O) groups excluding carboxylic acids is 5. The Kier molecular flexibility index (Phi) is 12.9. The predicted molar refractivity (Wildman–Crippen MR) is 191 cm³/mol. The van der Waals surface area contributed by atoms with Gasteiger partial charge in [-0.1, -0.05) is 32.9 Å². The fourth-order valence-electron chi connectivity index (χ4n) is 8.13. The van der Waals surface area contributed by atoms with Gasteiger partial charge in [0.05, 0.1) is 23.9 Å². The third-order valence-corrected chi connectivity index (χ3v) is 11.6. The molecule has 0 unspecified atom stereocenters. The minimum Gasteiger partial charge on any atom is -0.456 e. The fourth-order valence-corrected chi connectivity index (χ4v) is 8.13. The molecule has 13 nitrogen and oxygen atoms in total. The van der Waals surface area contributed by atoms with E-state index in [1.807, 2.05) is 13.8 Å². The van der Waals surface area contributed by atoms with Crippen LogP contribution in [0.3, 0.4) is 0 Å². The predicted octanol–water partition coefficient (Wildman–Crippen LogP) is 4.48. The summed E-state index contributed by atoms with van der Waals surface area (Å²) >= 11 is 0. The van der Waals surface area contributed by atoms with Crippen LogP contribution in [-0.4, -0.2) is 94.2 Å². The van der Waals surface area contributed by atoms with Crippen molar-refractivity contribution in [1.29, 1.82) is 0 Å². The van der Waals surface area contributed by atoms with Gasteiger partial charge in [-0.05, 0) is 64.5 Å². The molecule has 0 aliphatic carbocycles. The Hall–Kier alpha value is -3.23. The summed E-state index contributed by atoms with van der Waals surface area (Å²) in [4.78, 5) is 64.5. The van der Waals surface area contributed by atoms with Crippen molar-refractivity contribution in [3.05, 3.63) is 36.1 Å². The van der Waals surface area contributed by atoms with E-state index in [2.05, 4.69) is 12.2 Å². The van der Waals surface area contributed by atoms with Gasteiger partial charge in [0.1, 0.15) is 23.6 Å². The number of allylic oxidation sites excluding steroid dienone is 2. The Labute approximate surface area is 312 Å². The minimum absolute atomic E-state index is 0.000260. The number of carbonyl (C=O) groups is 5. The van der Waals surface area contributed by atoms with E-state index in [9.17, 15) is 29.1 Å². The Morgan fingerprint density at radius 2 is 1.77 bits per heavy atom. The van der Waals surface area contributed by atoms with Crippen LogP contribution in [0.25, 0.3) is 0 Å². The number of epoxide rings is 1. The van der Waals surface area contributed by atoms with Gasteiger partial charge in [0.25, 0.3) is 0 Å². The van der Waals surface area contributed by atoms with Crippen LogP contribution in [-0.2, 0) is 52.4 Å². The molecule has 1 spiro atoms. The minimum atomic E-state index is -1.86. The van der Waals surface area contributed by atoms with E-state index in [1.54, 1.807) is 25.2 Å². The normalized spacial score (nSPS) is 41.0. The molecule has 7 heterocycles. The standard InChI is InChI=1S/C40H57NO12/c1-8-12-33(45)41-18-11-9-10-13-30-29(44)19-23(2)28(43)22-27-20-25(4)40(51-27)17-16-38(6)32(53-40)15-14-31(52-38)35-36(50-35)37(48-26(5)42)39(7,47)24(3)21-34(46)49-30/h9-11,18,21,23,25,27,30-32,35-37,47H,8,12-17,19-20,22H2,1-7H3,(H,41,45)/b10-9+,18-11-,24-21?/t23-,25-,27+,30-,31-,32+,35-,36-,37+,38-,39+,40+/m0/s1. The molecule has 7 rings (SSSR count). The maximum atomic E-state index is 13.6. The molecule has 0 saturated carbocycles. The van der Waals surface area contributed by atoms with Crippen LogP contribution >= 0.6 is 0 Å². The van der Waals surface area contributed by atoms with Crippen molar-refractivity contribution in [3.8, 4) is 0 Å². The first kappa shape index (κ1) is 40.9. The molecule has 4 saturated heterocycles. The largest absolute Gasteiger partial charge is 0.456 e. The van der Waals surface area contributed by atoms with Crippen molar-refractivity contribution >= 4 is 29.4 Å². The average Bonchev–Trinajstić information content (AvgIpc) is 3.82. The molecular formula is C40H57NO12. The van der Waals surface area contributed by atoms with Gasteiger partial charge in [-0.25, -0.2) is 4.79 Å². The van der Waals surface area contributed by atoms with Gasteiger partial charge < -0.3 is 38.8 Å². The summed E-state index contributed by atoms with van der Waals surface area (Å²) < 4.78 is 37.4. The first-order valence-electron chi connectivity index (χ1n) is 19.1. The quantitative estimate of drug-likeness (QED) is 0.213. The number of nitrogens with one attached hydrogen (secondary N) is 1. The third-order valence-electron chi connectivity index (χ3n) is 11.6. The summed E-state index contributed by atoms with van der Waals surface area (Å²) in [6, 6.07) is 0. The molecule has 0 aromatic heterocycles. The van der Waals surface area contributed by atoms with Crippen LogP contribution in [0.5, 0.6) is 0 Å². The molecule has 13 heteroatoms. The summed E-state index contributed by atoms with van der Waals surface area (Å²) in [7, 11) is 0. The zero-order valence-corrected chi connectivity index (χ0v) is 32.1. The fraction of sp³-hybridized carbons (Fsp3) is 0.725. The molecular weight excluding hydrogens is 686 g/mol. The Morgan fingerprint density at radius 1 is 1.02 bits per heavy atom. The second-order valence-corrected chi connectivity index (χ2v) is 15.9. The smallest absolute Gasteiger partial charge is 0.331 e. The highest BCUT2D eigenvalue weighted by atomic mass is 16.7. The van der Waals surface area contributed by atoms with E-state index in [4.69, 9.17) is 28.4 Å². The highest BCUT2D eigenvalue weighted by Crippen LogP contribution is 2.53. The molecule has 12 atom stereocenters. The first-order chi connectivity index (χ1) is 25.0. The molecule has 0 radical (unpaired) electrons. The number of aliphatic hydroxyl groups is 1. The number of hydrogen-bond acceptors (Lipinski definition) is 12. The van der Waals surface area contributed by atoms with E-state index in [0.29, 0.717) is 44.9 Å². The van der Waals surface area contributed by atoms with Crippen molar-refractivity contribution < 1.29 is 57.5 Å². The third kappa shape index (κ3) is 9.54. The molecule has 0 aromatic rings. The molecule has 53 heavy (non-hydrogen) atoms. The van der Waals surface area contributed by atoms with Crippen molar-refractivity contribution in [2.75, 3.05) is 0 Å². The van der Waals surface area contributed by atoms with E-state index in [-0.39, 0.29) is 60.8 Å². The van der Waals surface area contributed by atoms with Crippen LogP contribution in [0.2, 0.25) is 0 Å². The lowest BCUT2D eigenvalue weighted by Crippen LogP contribution is -2.60. The maximum absolute atomic E-state index is 13.6. The second-order valence-electron chi connectivity index (χ2n) is 15.9. The number of esters is 2. The maximum Gasteiger partial charge on any atom is 0.331 e. The van der Waals surface area contributed by atoms with Gasteiger partial charge in [-0.2, -0.15) is 0 Å². The van der Waals surface area contributed by atoms with Gasteiger partial charge in [-0.15, -0.1) is 0 Å². The molecule has 7 aliphatic rings. The van der Waals surface area contributed by atoms with Crippen molar-refractivity contribution in [2.45, 2.75) is 172 Å². The highest BCUT2D eigenvalue weighted by Gasteiger charge is 2.62. The average molecular weight is 744 g/mol. The van der Waals surface area contributed by atoms with Crippen molar-refractivity contribution in [1.82, 2.24) is 5.32 Å². The molecule has 7 aliphatic heterocycles. The lowest BCUT2D eigenvalue weighted by Gasteiger charge is -2.53. The summed E-state index contributed by atoms with van der Waals surface area (Å²) in [6.45, 7) is 11.9. The SMILES string of the molecule is CCCC(=O)N/C=C\C=C\C[C@@H]1OC(=O)C=C(C)[C@@](C)(O)[C@H](OC(C)=O)[C@H]2O[C@H]2[C@@H]2CC[C@H]3O[C@@]4(CC[C@]3(C)O2)O[C@@H](CC(=O)[C@@H](C)CC1=O)C[C@@H]4C. The Morgan fingerprint density at radius 3 is 2.49 bits per heavy atom. The lowest BCUT2D eigenvalue weighted by molar-refractivity contribution is -0.344. The first-order valence-corrected chi connectivity index (χ1v) is 19.1. The zero-order valence-electron chi connectivity index (χ0n) is 32.1. The van der Waals surface area contributed by atoms with Gasteiger partial charge in [0, 0.05) is 63.1 Å². The Balaban J connectivity index is 1.41.